The van der Waals surface area contributed by atoms with E-state index in [-0.39, 0.29) is 0 Å². The topological polar surface area (TPSA) is 0 Å². The van der Waals surface area contributed by atoms with Crippen molar-refractivity contribution in [3.63, 3.8) is 0 Å². The minimum absolute atomic E-state index is 1.06. The molecule has 66 valence electrons. The monoisotopic (exact) mass is 154 g/mol. The summed E-state index contributed by atoms with van der Waals surface area (Å²) in [6, 6.07) is 0. The molecular weight excluding hydrogens is 132 g/mol. The van der Waals surface area contributed by atoms with Crippen LogP contribution in [0, 0.1) is 23.7 Å². The molecule has 2 rings (SSSR count). The van der Waals surface area contributed by atoms with Gasteiger partial charge in [-0.1, -0.05) is 27.7 Å². The van der Waals surface area contributed by atoms with Gasteiger partial charge in [-0.2, -0.15) is 0 Å². The van der Waals surface area contributed by atoms with Gasteiger partial charge in [-0.15, -0.1) is 0 Å². The van der Waals surface area contributed by atoms with Gasteiger partial charge >= 0.3 is 0 Å². The van der Waals surface area contributed by atoms with Crippen LogP contribution in [0.3, 0.4) is 0 Å². The van der Waals surface area contributed by atoms with Crippen molar-refractivity contribution in [2.75, 3.05) is 0 Å². The SMILES string of the molecule is CC.CC1CC2CC1CC2C. The van der Waals surface area contributed by atoms with E-state index in [9.17, 15) is 0 Å². The summed E-state index contributed by atoms with van der Waals surface area (Å²) in [6.07, 6.45) is 4.62. The molecule has 4 unspecified atom stereocenters. The molecule has 0 amide bonds. The predicted molar refractivity (Wildman–Crippen MR) is 50.5 cm³/mol. The molecule has 4 atom stereocenters. The zero-order chi connectivity index (χ0) is 8.43. The first-order valence-electron chi connectivity index (χ1n) is 5.27. The van der Waals surface area contributed by atoms with E-state index >= 15 is 0 Å². The standard InChI is InChI=1S/C9H16.C2H6/c1-6-3-9-5-8(6)4-7(9)2;1-2/h6-9H,3-5H2,1-2H3;1-2H3. The average molecular weight is 154 g/mol. The fraction of sp³-hybridized carbons (Fsp3) is 1.00. The predicted octanol–water partition coefficient (Wildman–Crippen LogP) is 3.71. The fourth-order valence-electron chi connectivity index (χ4n) is 2.85. The molecule has 2 aliphatic carbocycles. The van der Waals surface area contributed by atoms with Crippen molar-refractivity contribution in [3.05, 3.63) is 0 Å². The van der Waals surface area contributed by atoms with Crippen molar-refractivity contribution in [2.45, 2.75) is 47.0 Å². The summed E-state index contributed by atoms with van der Waals surface area (Å²) in [5.41, 5.74) is 0. The van der Waals surface area contributed by atoms with E-state index in [1.165, 1.54) is 12.8 Å². The fourth-order valence-corrected chi connectivity index (χ4v) is 2.85. The first kappa shape index (κ1) is 9.09. The third kappa shape index (κ3) is 1.60. The van der Waals surface area contributed by atoms with Gasteiger partial charge in [-0.05, 0) is 42.9 Å². The molecule has 0 saturated heterocycles. The van der Waals surface area contributed by atoms with Crippen molar-refractivity contribution < 1.29 is 0 Å². The molecule has 0 aliphatic heterocycles. The lowest BCUT2D eigenvalue weighted by atomic mass is 9.84. The number of hydrogen-bond donors (Lipinski definition) is 0. The molecule has 0 radical (unpaired) electrons. The molecule has 0 aromatic rings. The first-order chi connectivity index (χ1) is 5.27. The summed E-state index contributed by atoms with van der Waals surface area (Å²) >= 11 is 0. The Labute approximate surface area is 71.4 Å². The van der Waals surface area contributed by atoms with E-state index in [0.29, 0.717) is 0 Å². The lowest BCUT2D eigenvalue weighted by Crippen LogP contribution is -2.12. The Morgan fingerprint density at radius 1 is 0.727 bits per heavy atom. The van der Waals surface area contributed by atoms with Gasteiger partial charge in [0.25, 0.3) is 0 Å². The van der Waals surface area contributed by atoms with E-state index in [4.69, 9.17) is 0 Å². The molecular formula is C11H22. The molecule has 2 saturated carbocycles. The second kappa shape index (κ2) is 3.60. The Morgan fingerprint density at radius 3 is 1.27 bits per heavy atom. The molecule has 2 fully saturated rings. The van der Waals surface area contributed by atoms with Gasteiger partial charge in [0, 0.05) is 0 Å². The zero-order valence-electron chi connectivity index (χ0n) is 8.43. The van der Waals surface area contributed by atoms with E-state index in [0.717, 1.165) is 23.7 Å². The number of rotatable bonds is 0. The molecule has 0 N–H and O–H groups in total. The lowest BCUT2D eigenvalue weighted by molar-refractivity contribution is 0.288. The van der Waals surface area contributed by atoms with Crippen LogP contribution in [-0.4, -0.2) is 0 Å². The van der Waals surface area contributed by atoms with E-state index in [1.807, 2.05) is 13.8 Å². The van der Waals surface area contributed by atoms with Crippen LogP contribution in [0.4, 0.5) is 0 Å². The minimum atomic E-state index is 1.06. The largest absolute Gasteiger partial charge is 0.0683 e. The highest BCUT2D eigenvalue weighted by Crippen LogP contribution is 2.51. The first-order valence-corrected chi connectivity index (χ1v) is 5.27. The van der Waals surface area contributed by atoms with E-state index < -0.39 is 0 Å². The maximum atomic E-state index is 2.43. The molecule has 0 heterocycles. The van der Waals surface area contributed by atoms with Crippen LogP contribution in [0.15, 0.2) is 0 Å². The van der Waals surface area contributed by atoms with Crippen molar-refractivity contribution in [2.24, 2.45) is 23.7 Å². The van der Waals surface area contributed by atoms with Gasteiger partial charge in [0.15, 0.2) is 0 Å². The van der Waals surface area contributed by atoms with Crippen LogP contribution in [0.1, 0.15) is 47.0 Å². The number of hydrogen-bond acceptors (Lipinski definition) is 0. The van der Waals surface area contributed by atoms with Gasteiger partial charge in [0.05, 0.1) is 0 Å². The van der Waals surface area contributed by atoms with Gasteiger partial charge in [0.1, 0.15) is 0 Å². The van der Waals surface area contributed by atoms with E-state index in [1.54, 1.807) is 6.42 Å². The van der Waals surface area contributed by atoms with Crippen LogP contribution in [-0.2, 0) is 0 Å². The van der Waals surface area contributed by atoms with Crippen molar-refractivity contribution in [1.82, 2.24) is 0 Å². The third-order valence-electron chi connectivity index (χ3n) is 3.56. The Hall–Kier alpha value is 0. The van der Waals surface area contributed by atoms with Gasteiger partial charge < -0.3 is 0 Å². The van der Waals surface area contributed by atoms with E-state index in [2.05, 4.69) is 13.8 Å². The number of fused-ring (bicyclic) bond motifs is 2. The van der Waals surface area contributed by atoms with Crippen LogP contribution in [0.2, 0.25) is 0 Å². The van der Waals surface area contributed by atoms with Crippen LogP contribution >= 0.6 is 0 Å². The Bertz CT molecular complexity index is 99.2. The molecule has 2 aliphatic rings. The Balaban J connectivity index is 0.000000281. The molecule has 0 heteroatoms. The summed E-state index contributed by atoms with van der Waals surface area (Å²) in [7, 11) is 0. The Morgan fingerprint density at radius 2 is 1.09 bits per heavy atom. The highest BCUT2D eigenvalue weighted by molar-refractivity contribution is 4.91. The van der Waals surface area contributed by atoms with Crippen molar-refractivity contribution in [3.8, 4) is 0 Å². The normalized spacial score (nSPS) is 46.9. The zero-order valence-corrected chi connectivity index (χ0v) is 8.43. The van der Waals surface area contributed by atoms with Gasteiger partial charge in [-0.3, -0.25) is 0 Å². The molecule has 0 spiro atoms. The van der Waals surface area contributed by atoms with Gasteiger partial charge in [-0.25, -0.2) is 0 Å². The summed E-state index contributed by atoms with van der Waals surface area (Å²) in [4.78, 5) is 0. The van der Waals surface area contributed by atoms with Crippen LogP contribution in [0.5, 0.6) is 0 Å². The molecule has 2 bridgehead atoms. The molecule has 11 heavy (non-hydrogen) atoms. The quantitative estimate of drug-likeness (QED) is 0.499. The maximum Gasteiger partial charge on any atom is -0.0383 e. The molecule has 0 aromatic carbocycles. The second-order valence-electron chi connectivity index (χ2n) is 4.18. The minimum Gasteiger partial charge on any atom is -0.0683 e. The third-order valence-corrected chi connectivity index (χ3v) is 3.56. The highest BCUT2D eigenvalue weighted by Gasteiger charge is 2.41. The van der Waals surface area contributed by atoms with Gasteiger partial charge in [0.2, 0.25) is 0 Å². The summed E-state index contributed by atoms with van der Waals surface area (Å²) < 4.78 is 0. The Kier molecular flexibility index (Phi) is 2.98. The average Bonchev–Trinajstić information content (AvgIpc) is 2.51. The molecule has 0 aromatic heterocycles. The van der Waals surface area contributed by atoms with Crippen molar-refractivity contribution in [1.29, 1.82) is 0 Å². The van der Waals surface area contributed by atoms with Crippen LogP contribution in [0.25, 0.3) is 0 Å². The summed E-state index contributed by atoms with van der Waals surface area (Å²) in [5.74, 6) is 4.35. The highest BCUT2D eigenvalue weighted by atomic mass is 14.5. The van der Waals surface area contributed by atoms with Crippen LogP contribution < -0.4 is 0 Å². The summed E-state index contributed by atoms with van der Waals surface area (Å²) in [6.45, 7) is 8.85. The second-order valence-corrected chi connectivity index (χ2v) is 4.18. The molecule has 0 nitrogen and oxygen atoms in total. The smallest absolute Gasteiger partial charge is 0.0383 e. The lowest BCUT2D eigenvalue weighted by Gasteiger charge is -2.21. The van der Waals surface area contributed by atoms with Crippen molar-refractivity contribution >= 4 is 0 Å². The summed E-state index contributed by atoms with van der Waals surface area (Å²) in [5, 5.41) is 0. The maximum absolute atomic E-state index is 2.43.